The molecule has 4 nitrogen and oxygen atoms in total. The summed E-state index contributed by atoms with van der Waals surface area (Å²) >= 11 is 0. The van der Waals surface area contributed by atoms with Crippen molar-refractivity contribution in [1.82, 2.24) is 15.0 Å². The maximum Gasteiger partial charge on any atom is 0.164 e. The standard InChI is InChI=1S/C60H39N3O/c1-2-14-37(15-3-1)39-22-12-23-45(31-39)58-61-59(51-27-13-21-38-16-8-9-24-47(38)51)63-60(62-58)54-34-46(36-56-57(54)53-33-42-19-6-7-20-43(42)35-55(53)64-56)48-29-28-44-30-40-17-4-5-18-41(40)32-52(44)50-26-11-10-25-49(48)50/h1-27,30-36,48H,28-29H2. The van der Waals surface area contributed by atoms with E-state index in [0.29, 0.717) is 17.5 Å². The maximum absolute atomic E-state index is 6.97. The molecular weight excluding hydrogens is 779 g/mol. The number of rotatable bonds is 5. The van der Waals surface area contributed by atoms with E-state index in [9.17, 15) is 0 Å². The Bertz CT molecular complexity index is 3810. The van der Waals surface area contributed by atoms with Crippen LogP contribution in [0.5, 0.6) is 0 Å². The van der Waals surface area contributed by atoms with E-state index in [-0.39, 0.29) is 5.92 Å². The Morgan fingerprint density at radius 3 is 1.83 bits per heavy atom. The molecule has 1 aliphatic rings. The van der Waals surface area contributed by atoms with Gasteiger partial charge in [-0.1, -0.05) is 170 Å². The van der Waals surface area contributed by atoms with Crippen LogP contribution in [0.2, 0.25) is 0 Å². The third kappa shape index (κ3) is 6.10. The summed E-state index contributed by atoms with van der Waals surface area (Å²) in [6.07, 6.45) is 1.88. The topological polar surface area (TPSA) is 51.8 Å². The van der Waals surface area contributed by atoms with E-state index in [1.807, 2.05) is 6.07 Å². The molecule has 0 aliphatic heterocycles. The van der Waals surface area contributed by atoms with Gasteiger partial charge in [-0.3, -0.25) is 0 Å². The molecule has 13 rings (SSSR count). The number of hydrogen-bond donors (Lipinski definition) is 0. The van der Waals surface area contributed by atoms with Gasteiger partial charge < -0.3 is 4.42 Å². The molecule has 10 aromatic carbocycles. The zero-order valence-electron chi connectivity index (χ0n) is 34.9. The molecule has 2 aromatic heterocycles. The normalized spacial score (nSPS) is 13.7. The van der Waals surface area contributed by atoms with Gasteiger partial charge in [0.25, 0.3) is 0 Å². The molecule has 1 aliphatic carbocycles. The van der Waals surface area contributed by atoms with Crippen LogP contribution in [-0.4, -0.2) is 15.0 Å². The van der Waals surface area contributed by atoms with Crippen LogP contribution in [0.25, 0.3) is 111 Å². The van der Waals surface area contributed by atoms with Crippen molar-refractivity contribution < 1.29 is 4.42 Å². The molecule has 0 saturated carbocycles. The average molecular weight is 818 g/mol. The predicted molar refractivity (Wildman–Crippen MR) is 263 cm³/mol. The van der Waals surface area contributed by atoms with Gasteiger partial charge in [0.15, 0.2) is 17.5 Å². The van der Waals surface area contributed by atoms with E-state index >= 15 is 0 Å². The molecular formula is C60H39N3O. The van der Waals surface area contributed by atoms with Gasteiger partial charge in [-0.15, -0.1) is 0 Å². The Balaban J connectivity index is 1.08. The van der Waals surface area contributed by atoms with Crippen molar-refractivity contribution in [3.63, 3.8) is 0 Å². The number of fused-ring (bicyclic) bond motifs is 9. The van der Waals surface area contributed by atoms with E-state index < -0.39 is 0 Å². The smallest absolute Gasteiger partial charge is 0.164 e. The van der Waals surface area contributed by atoms with Crippen LogP contribution in [0.1, 0.15) is 29.0 Å². The maximum atomic E-state index is 6.97. The molecule has 0 amide bonds. The monoisotopic (exact) mass is 817 g/mol. The Morgan fingerprint density at radius 1 is 0.375 bits per heavy atom. The highest BCUT2D eigenvalue weighted by atomic mass is 16.3. The van der Waals surface area contributed by atoms with Gasteiger partial charge in [0.05, 0.1) is 0 Å². The molecule has 1 unspecified atom stereocenters. The molecule has 0 bridgehead atoms. The van der Waals surface area contributed by atoms with Crippen LogP contribution in [0.4, 0.5) is 0 Å². The van der Waals surface area contributed by atoms with Crippen molar-refractivity contribution >= 4 is 54.3 Å². The first-order valence-corrected chi connectivity index (χ1v) is 22.1. The van der Waals surface area contributed by atoms with Crippen molar-refractivity contribution in [1.29, 1.82) is 0 Å². The summed E-state index contributed by atoms with van der Waals surface area (Å²) in [4.78, 5) is 16.2. The van der Waals surface area contributed by atoms with Crippen LogP contribution in [0, 0.1) is 0 Å². The van der Waals surface area contributed by atoms with Crippen LogP contribution < -0.4 is 0 Å². The first kappa shape index (κ1) is 36.4. The van der Waals surface area contributed by atoms with Crippen molar-refractivity contribution in [2.24, 2.45) is 0 Å². The molecule has 0 N–H and O–H groups in total. The summed E-state index contributed by atoms with van der Waals surface area (Å²) in [5.41, 5.74) is 13.2. The number of nitrogens with zero attached hydrogens (tertiary/aromatic N) is 3. The molecule has 64 heavy (non-hydrogen) atoms. The van der Waals surface area contributed by atoms with E-state index in [1.54, 1.807) is 0 Å². The number of benzene rings is 10. The number of hydrogen-bond acceptors (Lipinski definition) is 4. The second-order valence-corrected chi connectivity index (χ2v) is 17.1. The second-order valence-electron chi connectivity index (χ2n) is 17.1. The lowest BCUT2D eigenvalue weighted by Crippen LogP contribution is -2.04. The summed E-state index contributed by atoms with van der Waals surface area (Å²) in [6.45, 7) is 0. The summed E-state index contributed by atoms with van der Waals surface area (Å²) in [5, 5.41) is 9.08. The fraction of sp³-hybridized carbons (Fsp3) is 0.0500. The molecule has 12 aromatic rings. The zero-order valence-corrected chi connectivity index (χ0v) is 34.9. The van der Waals surface area contributed by atoms with E-state index in [0.717, 1.165) is 84.1 Å². The van der Waals surface area contributed by atoms with E-state index in [2.05, 4.69) is 200 Å². The van der Waals surface area contributed by atoms with Crippen LogP contribution in [0.3, 0.4) is 0 Å². The number of aromatic nitrogens is 3. The van der Waals surface area contributed by atoms with Crippen LogP contribution >= 0.6 is 0 Å². The Labute approximate surface area is 370 Å². The summed E-state index contributed by atoms with van der Waals surface area (Å²) in [7, 11) is 0. The lowest BCUT2D eigenvalue weighted by molar-refractivity contribution is 0.665. The van der Waals surface area contributed by atoms with Crippen LogP contribution in [0.15, 0.2) is 211 Å². The molecule has 0 spiro atoms. The van der Waals surface area contributed by atoms with Gasteiger partial charge in [0, 0.05) is 33.4 Å². The minimum absolute atomic E-state index is 0.0866. The van der Waals surface area contributed by atoms with Gasteiger partial charge in [0.2, 0.25) is 0 Å². The molecule has 2 heterocycles. The first-order valence-electron chi connectivity index (χ1n) is 22.1. The highest BCUT2D eigenvalue weighted by Gasteiger charge is 2.27. The Kier molecular flexibility index (Phi) is 8.38. The minimum Gasteiger partial charge on any atom is -0.456 e. The van der Waals surface area contributed by atoms with Gasteiger partial charge in [-0.25, -0.2) is 15.0 Å². The van der Waals surface area contributed by atoms with E-state index in [1.165, 1.54) is 38.6 Å². The molecule has 4 heteroatoms. The Morgan fingerprint density at radius 2 is 0.984 bits per heavy atom. The lowest BCUT2D eigenvalue weighted by Gasteiger charge is -2.20. The van der Waals surface area contributed by atoms with E-state index in [4.69, 9.17) is 19.4 Å². The van der Waals surface area contributed by atoms with Gasteiger partial charge >= 0.3 is 0 Å². The van der Waals surface area contributed by atoms with Crippen molar-refractivity contribution in [2.45, 2.75) is 18.8 Å². The molecule has 1 atom stereocenters. The van der Waals surface area contributed by atoms with Gasteiger partial charge in [-0.2, -0.15) is 0 Å². The predicted octanol–water partition coefficient (Wildman–Crippen LogP) is 15.6. The summed E-state index contributed by atoms with van der Waals surface area (Å²) < 4.78 is 6.97. The largest absolute Gasteiger partial charge is 0.456 e. The summed E-state index contributed by atoms with van der Waals surface area (Å²) in [6, 6.07) is 73.9. The summed E-state index contributed by atoms with van der Waals surface area (Å²) in [5.74, 6) is 1.94. The third-order valence-corrected chi connectivity index (χ3v) is 13.3. The minimum atomic E-state index is 0.0866. The quantitative estimate of drug-likeness (QED) is 0.174. The van der Waals surface area contributed by atoms with Crippen molar-refractivity contribution in [2.75, 3.05) is 0 Å². The zero-order chi connectivity index (χ0) is 42.1. The first-order chi connectivity index (χ1) is 31.7. The number of furan rings is 1. The molecule has 300 valence electrons. The average Bonchev–Trinajstić information content (AvgIpc) is 3.63. The van der Waals surface area contributed by atoms with Crippen LogP contribution in [-0.2, 0) is 6.42 Å². The lowest BCUT2D eigenvalue weighted by atomic mass is 9.84. The second kappa shape index (κ2) is 14.7. The van der Waals surface area contributed by atoms with Crippen molar-refractivity contribution in [3.8, 4) is 56.4 Å². The number of aryl methyl sites for hydroxylation is 1. The molecule has 0 saturated heterocycles. The fourth-order valence-electron chi connectivity index (χ4n) is 10.2. The Hall–Kier alpha value is -8.21. The van der Waals surface area contributed by atoms with Crippen molar-refractivity contribution in [3.05, 3.63) is 223 Å². The third-order valence-electron chi connectivity index (χ3n) is 13.3. The SMILES string of the molecule is c1ccc(-c2cccc(-c3nc(-c4cccc5ccccc45)nc(-c4cc(C5CCc6cc7ccccc7cc6-c6ccccc65)cc5oc6cc7ccccc7cc6c45)n3)c2)cc1. The molecule has 0 fully saturated rings. The highest BCUT2D eigenvalue weighted by Crippen LogP contribution is 2.46. The highest BCUT2D eigenvalue weighted by molar-refractivity contribution is 6.15. The molecule has 0 radical (unpaired) electrons. The van der Waals surface area contributed by atoms with Gasteiger partial charge in [-0.05, 0) is 121 Å². The fourth-order valence-corrected chi connectivity index (χ4v) is 10.2. The van der Waals surface area contributed by atoms with Gasteiger partial charge in [0.1, 0.15) is 11.2 Å².